The van der Waals surface area contributed by atoms with Gasteiger partial charge in [0.1, 0.15) is 17.1 Å². The van der Waals surface area contributed by atoms with Gasteiger partial charge in [0.25, 0.3) is 11.8 Å². The molecule has 176 valence electrons. The van der Waals surface area contributed by atoms with Crippen LogP contribution in [0.3, 0.4) is 0 Å². The molecule has 8 nitrogen and oxygen atoms in total. The molecule has 0 saturated carbocycles. The lowest BCUT2D eigenvalue weighted by Crippen LogP contribution is -2.50. The zero-order valence-corrected chi connectivity index (χ0v) is 20.0. The lowest BCUT2D eigenvalue weighted by molar-refractivity contribution is -0.125. The van der Waals surface area contributed by atoms with Crippen LogP contribution in [0.1, 0.15) is 24.2 Å². The second-order valence-electron chi connectivity index (χ2n) is 8.08. The molecule has 4 rings (SSSR count). The van der Waals surface area contributed by atoms with Gasteiger partial charge in [0.2, 0.25) is 5.43 Å². The highest BCUT2D eigenvalue weighted by Gasteiger charge is 2.31. The Morgan fingerprint density at radius 3 is 2.64 bits per heavy atom. The minimum atomic E-state index is -0.875. The number of rotatable bonds is 4. The quantitative estimate of drug-likeness (QED) is 0.650. The normalized spacial score (nSPS) is 19.6. The van der Waals surface area contributed by atoms with Gasteiger partial charge in [0.15, 0.2) is 10.1 Å². The fourth-order valence-corrected chi connectivity index (χ4v) is 5.03. The molecule has 2 aromatic rings. The van der Waals surface area contributed by atoms with Gasteiger partial charge < -0.3 is 14.4 Å². The molecule has 33 heavy (non-hydrogen) atoms. The second-order valence-corrected chi connectivity index (χ2v) is 9.68. The van der Waals surface area contributed by atoms with Gasteiger partial charge in [-0.1, -0.05) is 24.0 Å². The number of nitrogens with zero attached hydrogens (tertiary/aromatic N) is 4. The molecule has 3 heterocycles. The molecule has 0 bridgehead atoms. The van der Waals surface area contributed by atoms with E-state index in [0.717, 1.165) is 22.8 Å². The highest BCUT2D eigenvalue weighted by atomic mass is 32.2. The van der Waals surface area contributed by atoms with Crippen LogP contribution in [0.15, 0.2) is 17.1 Å². The lowest BCUT2D eigenvalue weighted by Gasteiger charge is -2.39. The number of hydrogen-bond acceptors (Lipinski definition) is 7. The van der Waals surface area contributed by atoms with Crippen molar-refractivity contribution in [1.82, 2.24) is 19.9 Å². The van der Waals surface area contributed by atoms with E-state index in [2.05, 4.69) is 10.3 Å². The number of hydrazine groups is 1. The standard InChI is InChI=1S/C21H23F2N5O3S2/c1-4-26-9-13(20(31)24-28-15(29)10-33-21(28)32)19(30)12-7-14(22)18(16(23)17(12)26)27-6-5-25(3)11(2)8-27/h7,9,11H,4-6,8,10H2,1-3H3,(H,24,31). The average molecular weight is 496 g/mol. The Morgan fingerprint density at radius 1 is 1.30 bits per heavy atom. The highest BCUT2D eigenvalue weighted by molar-refractivity contribution is 8.23. The van der Waals surface area contributed by atoms with E-state index in [1.165, 1.54) is 10.8 Å². The summed E-state index contributed by atoms with van der Waals surface area (Å²) < 4.78 is 32.4. The van der Waals surface area contributed by atoms with E-state index in [-0.39, 0.29) is 44.8 Å². The Kier molecular flexibility index (Phi) is 6.43. The maximum absolute atomic E-state index is 15.7. The van der Waals surface area contributed by atoms with E-state index in [1.807, 2.05) is 14.0 Å². The first-order chi connectivity index (χ1) is 15.6. The molecule has 0 aliphatic carbocycles. The molecule has 12 heteroatoms. The first-order valence-electron chi connectivity index (χ1n) is 10.4. The van der Waals surface area contributed by atoms with E-state index < -0.39 is 28.9 Å². The average Bonchev–Trinajstić information content (AvgIpc) is 3.08. The second kappa shape index (κ2) is 8.99. The van der Waals surface area contributed by atoms with Crippen LogP contribution in [0.4, 0.5) is 14.5 Å². The molecular weight excluding hydrogens is 472 g/mol. The number of piperazine rings is 1. The number of nitrogens with one attached hydrogen (secondary N) is 1. The van der Waals surface area contributed by atoms with Crippen molar-refractivity contribution in [2.75, 3.05) is 37.3 Å². The number of amides is 2. The summed E-state index contributed by atoms with van der Waals surface area (Å²) in [5.41, 5.74) is 0.921. The number of anilines is 1. The number of aryl methyl sites for hydroxylation is 1. The first-order valence-corrected chi connectivity index (χ1v) is 11.8. The van der Waals surface area contributed by atoms with Gasteiger partial charge in [-0.3, -0.25) is 19.8 Å². The van der Waals surface area contributed by atoms with E-state index >= 15 is 8.78 Å². The topological polar surface area (TPSA) is 77.9 Å². The van der Waals surface area contributed by atoms with Gasteiger partial charge in [0, 0.05) is 38.4 Å². The van der Waals surface area contributed by atoms with Gasteiger partial charge in [-0.25, -0.2) is 13.8 Å². The van der Waals surface area contributed by atoms with Crippen molar-refractivity contribution in [2.24, 2.45) is 0 Å². The third kappa shape index (κ3) is 4.11. The molecule has 1 atom stereocenters. The fourth-order valence-electron chi connectivity index (χ4n) is 4.05. The summed E-state index contributed by atoms with van der Waals surface area (Å²) in [6, 6.07) is 1.09. The van der Waals surface area contributed by atoms with Crippen molar-refractivity contribution < 1.29 is 18.4 Å². The van der Waals surface area contributed by atoms with Crippen LogP contribution in [0, 0.1) is 11.6 Å². The molecule has 2 saturated heterocycles. The predicted octanol–water partition coefficient (Wildman–Crippen LogP) is 1.94. The Hall–Kier alpha value is -2.57. The Labute approximate surface area is 198 Å². The number of benzene rings is 1. The van der Waals surface area contributed by atoms with E-state index in [0.29, 0.717) is 19.6 Å². The SMILES string of the molecule is CCn1cc(C(=O)NN2C(=O)CSC2=S)c(=O)c2cc(F)c(N3CCN(C)C(C)C3)c(F)c21. The van der Waals surface area contributed by atoms with Crippen molar-refractivity contribution in [3.63, 3.8) is 0 Å². The molecule has 1 N–H and O–H groups in total. The van der Waals surface area contributed by atoms with Crippen molar-refractivity contribution in [3.05, 3.63) is 39.7 Å². The number of fused-ring (bicyclic) bond motifs is 1. The third-order valence-corrected chi connectivity index (χ3v) is 7.41. The number of pyridine rings is 1. The molecule has 2 amide bonds. The highest BCUT2D eigenvalue weighted by Crippen LogP contribution is 2.31. The number of thioether (sulfide) groups is 1. The number of hydrogen-bond donors (Lipinski definition) is 1. The van der Waals surface area contributed by atoms with Crippen LogP contribution >= 0.6 is 24.0 Å². The van der Waals surface area contributed by atoms with Crippen LogP contribution in [-0.2, 0) is 11.3 Å². The van der Waals surface area contributed by atoms with E-state index in [4.69, 9.17) is 12.2 Å². The number of aromatic nitrogens is 1. The number of carbonyl (C=O) groups excluding carboxylic acids is 2. The fraction of sp³-hybridized carbons (Fsp3) is 0.429. The molecule has 0 spiro atoms. The summed E-state index contributed by atoms with van der Waals surface area (Å²) in [6.07, 6.45) is 1.23. The predicted molar refractivity (Wildman–Crippen MR) is 127 cm³/mol. The monoisotopic (exact) mass is 495 g/mol. The summed E-state index contributed by atoms with van der Waals surface area (Å²) >= 11 is 6.12. The van der Waals surface area contributed by atoms with Gasteiger partial charge in [-0.2, -0.15) is 0 Å². The summed E-state index contributed by atoms with van der Waals surface area (Å²) in [4.78, 5) is 41.5. The maximum atomic E-state index is 15.7. The van der Waals surface area contributed by atoms with Gasteiger partial charge >= 0.3 is 0 Å². The molecule has 2 aliphatic heterocycles. The molecule has 2 fully saturated rings. The Bertz CT molecular complexity index is 1220. The summed E-state index contributed by atoms with van der Waals surface area (Å²) in [5.74, 6) is -2.90. The smallest absolute Gasteiger partial charge is 0.275 e. The zero-order chi connectivity index (χ0) is 24.0. The number of carbonyl (C=O) groups is 2. The third-order valence-electron chi connectivity index (χ3n) is 6.06. The molecular formula is C21H23F2N5O3S2. The van der Waals surface area contributed by atoms with E-state index in [9.17, 15) is 14.4 Å². The van der Waals surface area contributed by atoms with Crippen molar-refractivity contribution in [2.45, 2.75) is 26.4 Å². The largest absolute Gasteiger partial charge is 0.364 e. The van der Waals surface area contributed by atoms with Gasteiger partial charge in [-0.15, -0.1) is 0 Å². The summed E-state index contributed by atoms with van der Waals surface area (Å²) in [5, 5.41) is 0.663. The number of thiocarbonyl (C=S) groups is 1. The van der Waals surface area contributed by atoms with Crippen LogP contribution in [0.25, 0.3) is 10.9 Å². The van der Waals surface area contributed by atoms with Gasteiger partial charge in [0.05, 0.1) is 16.7 Å². The van der Waals surface area contributed by atoms with Crippen molar-refractivity contribution in [1.29, 1.82) is 0 Å². The molecule has 1 aromatic carbocycles. The zero-order valence-electron chi connectivity index (χ0n) is 18.4. The molecule has 0 radical (unpaired) electrons. The summed E-state index contributed by atoms with van der Waals surface area (Å²) in [6.45, 7) is 5.46. The van der Waals surface area contributed by atoms with Crippen molar-refractivity contribution in [3.8, 4) is 0 Å². The molecule has 1 aromatic heterocycles. The van der Waals surface area contributed by atoms with Crippen LogP contribution < -0.4 is 15.8 Å². The Morgan fingerprint density at radius 2 is 2.03 bits per heavy atom. The van der Waals surface area contributed by atoms with Crippen LogP contribution in [-0.4, -0.2) is 69.1 Å². The first kappa shape index (κ1) is 23.6. The van der Waals surface area contributed by atoms with Gasteiger partial charge in [-0.05, 0) is 27.0 Å². The van der Waals surface area contributed by atoms with Crippen LogP contribution in [0.2, 0.25) is 0 Å². The van der Waals surface area contributed by atoms with Crippen LogP contribution in [0.5, 0.6) is 0 Å². The minimum absolute atomic E-state index is 0.0645. The molecule has 2 aliphatic rings. The lowest BCUT2D eigenvalue weighted by atomic mass is 10.1. The Balaban J connectivity index is 1.80. The summed E-state index contributed by atoms with van der Waals surface area (Å²) in [7, 11) is 1.96. The maximum Gasteiger partial charge on any atom is 0.275 e. The number of halogens is 2. The van der Waals surface area contributed by atoms with Crippen molar-refractivity contribution >= 4 is 56.7 Å². The minimum Gasteiger partial charge on any atom is -0.364 e. The van der Waals surface area contributed by atoms with E-state index in [1.54, 1.807) is 11.8 Å². The molecule has 1 unspecified atom stereocenters. The number of likely N-dealkylation sites (N-methyl/N-ethyl adjacent to an activating group) is 1.